The highest BCUT2D eigenvalue weighted by atomic mass is 19.3. The summed E-state index contributed by atoms with van der Waals surface area (Å²) in [6.07, 6.45) is 0.407. The minimum atomic E-state index is -2.95. The molecule has 0 amide bonds. The second-order valence-corrected chi connectivity index (χ2v) is 4.19. The molecule has 112 valence electrons. The van der Waals surface area contributed by atoms with Crippen LogP contribution in [0.4, 0.5) is 8.78 Å². The van der Waals surface area contributed by atoms with Gasteiger partial charge in [-0.3, -0.25) is 0 Å². The lowest BCUT2D eigenvalue weighted by molar-refractivity contribution is -0.0515. The SMILES string of the molecule is COc1cc(CC(O)c2ccccc2OC(F)F)ncn1. The van der Waals surface area contributed by atoms with Gasteiger partial charge in [0.25, 0.3) is 0 Å². The Kier molecular flexibility index (Phi) is 4.99. The van der Waals surface area contributed by atoms with Gasteiger partial charge < -0.3 is 14.6 Å². The Morgan fingerprint density at radius 1 is 1.24 bits per heavy atom. The fourth-order valence-electron chi connectivity index (χ4n) is 1.87. The van der Waals surface area contributed by atoms with Crippen molar-refractivity contribution < 1.29 is 23.4 Å². The second-order valence-electron chi connectivity index (χ2n) is 4.19. The number of alkyl halides is 2. The first-order valence-corrected chi connectivity index (χ1v) is 6.17. The van der Waals surface area contributed by atoms with Crippen LogP contribution in [0, 0.1) is 0 Å². The van der Waals surface area contributed by atoms with Gasteiger partial charge in [0, 0.05) is 18.1 Å². The summed E-state index contributed by atoms with van der Waals surface area (Å²) in [7, 11) is 1.47. The molecule has 0 saturated heterocycles. The lowest BCUT2D eigenvalue weighted by Gasteiger charge is -2.15. The fourth-order valence-corrected chi connectivity index (χ4v) is 1.87. The van der Waals surface area contributed by atoms with E-state index < -0.39 is 12.7 Å². The average molecular weight is 296 g/mol. The average Bonchev–Trinajstić information content (AvgIpc) is 2.47. The minimum Gasteiger partial charge on any atom is -0.481 e. The highest BCUT2D eigenvalue weighted by molar-refractivity contribution is 5.35. The van der Waals surface area contributed by atoms with Crippen molar-refractivity contribution >= 4 is 0 Å². The Labute approximate surface area is 120 Å². The molecule has 0 radical (unpaired) electrons. The quantitative estimate of drug-likeness (QED) is 0.886. The van der Waals surface area contributed by atoms with Gasteiger partial charge in [-0.15, -0.1) is 0 Å². The number of para-hydroxylation sites is 1. The molecule has 0 aliphatic rings. The number of ether oxygens (including phenoxy) is 2. The summed E-state index contributed by atoms with van der Waals surface area (Å²) in [6, 6.07) is 7.67. The second kappa shape index (κ2) is 6.94. The minimum absolute atomic E-state index is 0.0546. The third kappa shape index (κ3) is 4.09. The molecule has 2 aromatic rings. The van der Waals surface area contributed by atoms with E-state index in [-0.39, 0.29) is 17.7 Å². The van der Waals surface area contributed by atoms with Gasteiger partial charge in [0.1, 0.15) is 12.1 Å². The molecule has 1 aromatic heterocycles. The predicted molar refractivity (Wildman–Crippen MR) is 70.3 cm³/mol. The molecule has 0 aliphatic carbocycles. The summed E-state index contributed by atoms with van der Waals surface area (Å²) in [5, 5.41) is 10.2. The van der Waals surface area contributed by atoms with Crippen LogP contribution in [0.5, 0.6) is 11.6 Å². The van der Waals surface area contributed by atoms with Crippen molar-refractivity contribution in [3.05, 3.63) is 47.9 Å². The zero-order valence-corrected chi connectivity index (χ0v) is 11.2. The van der Waals surface area contributed by atoms with E-state index in [0.29, 0.717) is 11.6 Å². The lowest BCUT2D eigenvalue weighted by Crippen LogP contribution is -2.09. The van der Waals surface area contributed by atoms with Gasteiger partial charge in [0.05, 0.1) is 18.9 Å². The van der Waals surface area contributed by atoms with Gasteiger partial charge in [0.15, 0.2) is 0 Å². The topological polar surface area (TPSA) is 64.5 Å². The summed E-state index contributed by atoms with van der Waals surface area (Å²) >= 11 is 0. The molecule has 1 aromatic carbocycles. The highest BCUT2D eigenvalue weighted by Crippen LogP contribution is 2.28. The molecular formula is C14H14F2N2O3. The number of aliphatic hydroxyl groups is 1. The molecule has 1 atom stereocenters. The van der Waals surface area contributed by atoms with Crippen LogP contribution in [0.1, 0.15) is 17.4 Å². The molecule has 0 fully saturated rings. The van der Waals surface area contributed by atoms with Crippen LogP contribution in [-0.2, 0) is 6.42 Å². The van der Waals surface area contributed by atoms with Crippen LogP contribution in [0.2, 0.25) is 0 Å². The van der Waals surface area contributed by atoms with Crippen molar-refractivity contribution in [1.82, 2.24) is 9.97 Å². The number of halogens is 2. The first kappa shape index (κ1) is 15.1. The number of nitrogens with zero attached hydrogens (tertiary/aromatic N) is 2. The van der Waals surface area contributed by atoms with Crippen LogP contribution < -0.4 is 9.47 Å². The molecule has 1 heterocycles. The van der Waals surface area contributed by atoms with Gasteiger partial charge in [-0.2, -0.15) is 8.78 Å². The van der Waals surface area contributed by atoms with Crippen molar-refractivity contribution in [1.29, 1.82) is 0 Å². The number of hydrogen-bond acceptors (Lipinski definition) is 5. The van der Waals surface area contributed by atoms with E-state index >= 15 is 0 Å². The van der Waals surface area contributed by atoms with E-state index in [2.05, 4.69) is 14.7 Å². The molecule has 21 heavy (non-hydrogen) atoms. The van der Waals surface area contributed by atoms with Crippen LogP contribution in [-0.4, -0.2) is 28.8 Å². The summed E-state index contributed by atoms with van der Waals surface area (Å²) in [4.78, 5) is 7.86. The summed E-state index contributed by atoms with van der Waals surface area (Å²) < 4.78 is 34.1. The first-order chi connectivity index (χ1) is 10.1. The lowest BCUT2D eigenvalue weighted by atomic mass is 10.0. The molecule has 1 N–H and O–H groups in total. The van der Waals surface area contributed by atoms with Gasteiger partial charge in [-0.25, -0.2) is 9.97 Å². The van der Waals surface area contributed by atoms with Crippen molar-refractivity contribution in [3.63, 3.8) is 0 Å². The van der Waals surface area contributed by atoms with Crippen molar-refractivity contribution in [3.8, 4) is 11.6 Å². The van der Waals surface area contributed by atoms with Crippen molar-refractivity contribution in [2.24, 2.45) is 0 Å². The molecule has 5 nitrogen and oxygen atoms in total. The largest absolute Gasteiger partial charge is 0.481 e. The van der Waals surface area contributed by atoms with Crippen LogP contribution in [0.25, 0.3) is 0 Å². The molecule has 0 saturated carbocycles. The maximum Gasteiger partial charge on any atom is 0.387 e. The Balaban J connectivity index is 2.17. The van der Waals surface area contributed by atoms with E-state index in [1.165, 1.54) is 25.6 Å². The fraction of sp³-hybridized carbons (Fsp3) is 0.286. The molecule has 0 spiro atoms. The Morgan fingerprint density at radius 2 is 2.00 bits per heavy atom. The molecule has 1 unspecified atom stereocenters. The van der Waals surface area contributed by atoms with E-state index in [0.717, 1.165) is 0 Å². The number of aromatic nitrogens is 2. The number of hydrogen-bond donors (Lipinski definition) is 1. The Hall–Kier alpha value is -2.28. The van der Waals surface area contributed by atoms with Crippen LogP contribution in [0.15, 0.2) is 36.7 Å². The molecule has 2 rings (SSSR count). The maximum atomic E-state index is 12.3. The number of aliphatic hydroxyl groups excluding tert-OH is 1. The van der Waals surface area contributed by atoms with Crippen molar-refractivity contribution in [2.45, 2.75) is 19.1 Å². The zero-order chi connectivity index (χ0) is 15.2. The molecule has 0 bridgehead atoms. The van der Waals surface area contributed by atoms with Crippen molar-refractivity contribution in [2.75, 3.05) is 7.11 Å². The smallest absolute Gasteiger partial charge is 0.387 e. The van der Waals surface area contributed by atoms with Crippen LogP contribution >= 0.6 is 0 Å². The third-order valence-corrected chi connectivity index (χ3v) is 2.80. The third-order valence-electron chi connectivity index (χ3n) is 2.80. The number of methoxy groups -OCH3 is 1. The maximum absolute atomic E-state index is 12.3. The van der Waals surface area contributed by atoms with Gasteiger partial charge in [0.2, 0.25) is 5.88 Å². The van der Waals surface area contributed by atoms with E-state index in [9.17, 15) is 13.9 Å². The van der Waals surface area contributed by atoms with Gasteiger partial charge in [-0.05, 0) is 6.07 Å². The van der Waals surface area contributed by atoms with E-state index in [4.69, 9.17) is 4.74 Å². The Bertz CT molecular complexity index is 596. The Morgan fingerprint density at radius 3 is 2.71 bits per heavy atom. The van der Waals surface area contributed by atoms with Crippen LogP contribution in [0.3, 0.4) is 0 Å². The number of benzene rings is 1. The normalized spacial score (nSPS) is 12.2. The van der Waals surface area contributed by atoms with E-state index in [1.54, 1.807) is 18.2 Å². The summed E-state index contributed by atoms with van der Waals surface area (Å²) in [6.45, 7) is -2.95. The van der Waals surface area contributed by atoms with E-state index in [1.807, 2.05) is 0 Å². The molecular weight excluding hydrogens is 282 g/mol. The molecule has 0 aliphatic heterocycles. The first-order valence-electron chi connectivity index (χ1n) is 6.17. The number of rotatable bonds is 6. The van der Waals surface area contributed by atoms with Gasteiger partial charge in [-0.1, -0.05) is 18.2 Å². The monoisotopic (exact) mass is 296 g/mol. The summed E-state index contributed by atoms with van der Waals surface area (Å²) in [5.41, 5.74) is 0.802. The molecule has 7 heteroatoms. The van der Waals surface area contributed by atoms with Gasteiger partial charge >= 0.3 is 6.61 Å². The predicted octanol–water partition coefficient (Wildman–Crippen LogP) is 2.36. The zero-order valence-electron chi connectivity index (χ0n) is 11.2. The summed E-state index contributed by atoms with van der Waals surface area (Å²) in [5.74, 6) is 0.310. The highest BCUT2D eigenvalue weighted by Gasteiger charge is 2.17. The standard InChI is InChI=1S/C14H14F2N2O3/c1-20-13-7-9(17-8-18-13)6-11(19)10-4-2-3-5-12(10)21-14(15)16/h2-5,7-8,11,14,19H,6H2,1H3.